The zero-order valence-corrected chi connectivity index (χ0v) is 7.75. The van der Waals surface area contributed by atoms with Crippen LogP contribution >= 0.6 is 0 Å². The van der Waals surface area contributed by atoms with E-state index in [1.54, 1.807) is 18.2 Å². The second-order valence-electron chi connectivity index (χ2n) is 3.17. The molecule has 0 bridgehead atoms. The minimum Gasteiger partial charge on any atom is -0.385 e. The maximum absolute atomic E-state index is 10.6. The predicted octanol–water partition coefficient (Wildman–Crippen LogP) is 0.766. The average molecular weight is 198 g/mol. The molecule has 0 aromatic carbocycles. The van der Waals surface area contributed by atoms with Crippen LogP contribution in [0.3, 0.4) is 0 Å². The van der Waals surface area contributed by atoms with Crippen molar-refractivity contribution in [2.24, 2.45) is 0 Å². The zero-order chi connectivity index (χ0) is 9.42. The van der Waals surface area contributed by atoms with Crippen molar-refractivity contribution in [3.05, 3.63) is 34.9 Å². The number of aliphatic hydroxyl groups excluding tert-OH is 1. The van der Waals surface area contributed by atoms with E-state index in [1.165, 1.54) is 0 Å². The van der Waals surface area contributed by atoms with Crippen LogP contribution in [0.5, 0.6) is 0 Å². The number of hydrogen-bond acceptors (Lipinski definition) is 2. The smallest absolute Gasteiger partial charge is 0.157 e. The lowest BCUT2D eigenvalue weighted by molar-refractivity contribution is 0.264. The van der Waals surface area contributed by atoms with Crippen LogP contribution in [-0.2, 0) is 11.1 Å². The molecule has 0 aliphatic heterocycles. The molecule has 0 saturated carbocycles. The van der Waals surface area contributed by atoms with Crippen LogP contribution in [0.4, 0.5) is 0 Å². The van der Waals surface area contributed by atoms with Crippen molar-refractivity contribution in [3.8, 4) is 0 Å². The van der Waals surface area contributed by atoms with Gasteiger partial charge in [0.2, 0.25) is 0 Å². The van der Waals surface area contributed by atoms with E-state index in [4.69, 9.17) is 4.55 Å². The van der Waals surface area contributed by atoms with Gasteiger partial charge in [-0.3, -0.25) is 0 Å². The summed E-state index contributed by atoms with van der Waals surface area (Å²) in [6.45, 7) is 0. The van der Waals surface area contributed by atoms with Gasteiger partial charge < -0.3 is 9.66 Å². The first-order chi connectivity index (χ1) is 6.18. The molecule has 70 valence electrons. The second kappa shape index (κ2) is 3.21. The van der Waals surface area contributed by atoms with Crippen molar-refractivity contribution in [1.82, 2.24) is 0 Å². The van der Waals surface area contributed by atoms with Crippen LogP contribution in [0.15, 0.2) is 34.9 Å². The number of rotatable bonds is 2. The van der Waals surface area contributed by atoms with Crippen molar-refractivity contribution < 1.29 is 13.9 Å². The summed E-state index contributed by atoms with van der Waals surface area (Å²) in [5.41, 5.74) is 2.92. The third kappa shape index (κ3) is 1.80. The van der Waals surface area contributed by atoms with Crippen LogP contribution in [-0.4, -0.2) is 25.7 Å². The van der Waals surface area contributed by atoms with E-state index in [0.29, 0.717) is 0 Å². The predicted molar refractivity (Wildman–Crippen MR) is 50.5 cm³/mol. The molecule has 2 aliphatic rings. The summed E-state index contributed by atoms with van der Waals surface area (Å²) in [7, 11) is 0. The molecule has 2 aliphatic carbocycles. The van der Waals surface area contributed by atoms with Crippen LogP contribution in [0.25, 0.3) is 0 Å². The molecular formula is C9H10O3S. The Morgan fingerprint density at radius 2 is 2.38 bits per heavy atom. The first-order valence-electron chi connectivity index (χ1n) is 4.03. The normalized spacial score (nSPS) is 27.8. The Bertz CT molecular complexity index is 352. The lowest BCUT2D eigenvalue weighted by atomic mass is 10.2. The maximum Gasteiger partial charge on any atom is 0.157 e. The quantitative estimate of drug-likeness (QED) is 0.644. The molecule has 2 N–H and O–H groups in total. The van der Waals surface area contributed by atoms with Crippen molar-refractivity contribution in [2.45, 2.75) is 12.5 Å². The lowest BCUT2D eigenvalue weighted by Gasteiger charge is -1.96. The minimum atomic E-state index is -1.79. The van der Waals surface area contributed by atoms with Gasteiger partial charge in [-0.25, -0.2) is 4.21 Å². The summed E-state index contributed by atoms with van der Waals surface area (Å²) >= 11 is -1.79. The van der Waals surface area contributed by atoms with Crippen molar-refractivity contribution in [1.29, 1.82) is 0 Å². The standard InChI is InChI=1S/C9H10O3S/c10-9-3-1-2-6(5-13(11)12)7-4-8(7)9/h1-3,9-10H,4-5H2,(H,11,12). The van der Waals surface area contributed by atoms with Gasteiger partial charge in [-0.15, -0.1) is 0 Å². The summed E-state index contributed by atoms with van der Waals surface area (Å²) in [5, 5.41) is 9.43. The molecule has 3 nitrogen and oxygen atoms in total. The summed E-state index contributed by atoms with van der Waals surface area (Å²) in [5.74, 6) is 0.163. The Morgan fingerprint density at radius 3 is 3.08 bits per heavy atom. The summed E-state index contributed by atoms with van der Waals surface area (Å²) in [4.78, 5) is 0. The third-order valence-corrected chi connectivity index (χ3v) is 2.80. The van der Waals surface area contributed by atoms with Crippen molar-refractivity contribution in [3.63, 3.8) is 0 Å². The molecule has 0 saturated heterocycles. The van der Waals surface area contributed by atoms with E-state index in [1.807, 2.05) is 0 Å². The first kappa shape index (κ1) is 8.87. The SMILES string of the molecule is O=S(O)CC1=CC=CC(O)C2=C1C2. The second-order valence-corrected chi connectivity index (χ2v) is 4.10. The molecule has 0 aromatic rings. The molecule has 0 aromatic heterocycles. The molecule has 0 heterocycles. The van der Waals surface area contributed by atoms with Gasteiger partial charge in [0.1, 0.15) is 0 Å². The third-order valence-electron chi connectivity index (χ3n) is 2.24. The fourth-order valence-electron chi connectivity index (χ4n) is 1.51. The summed E-state index contributed by atoms with van der Waals surface area (Å²) in [6, 6.07) is 0. The Labute approximate surface area is 78.8 Å². The number of allylic oxidation sites excluding steroid dienone is 3. The summed E-state index contributed by atoms with van der Waals surface area (Å²) in [6.07, 6.45) is 5.52. The summed E-state index contributed by atoms with van der Waals surface area (Å²) < 4.78 is 19.3. The Morgan fingerprint density at radius 1 is 1.62 bits per heavy atom. The Balaban J connectivity index is 2.21. The van der Waals surface area contributed by atoms with Gasteiger partial charge in [0.05, 0.1) is 11.9 Å². The highest BCUT2D eigenvalue weighted by Gasteiger charge is 2.30. The van der Waals surface area contributed by atoms with Crippen molar-refractivity contribution >= 4 is 11.1 Å². The molecular weight excluding hydrogens is 188 g/mol. The van der Waals surface area contributed by atoms with E-state index in [2.05, 4.69) is 0 Å². The molecule has 2 atom stereocenters. The van der Waals surface area contributed by atoms with Gasteiger partial charge in [0.15, 0.2) is 11.1 Å². The lowest BCUT2D eigenvalue weighted by Crippen LogP contribution is -1.97. The topological polar surface area (TPSA) is 57.5 Å². The van der Waals surface area contributed by atoms with Crippen molar-refractivity contribution in [2.75, 3.05) is 5.75 Å². The molecule has 0 fully saturated rings. The van der Waals surface area contributed by atoms with E-state index < -0.39 is 17.2 Å². The van der Waals surface area contributed by atoms with Crippen LogP contribution in [0.1, 0.15) is 6.42 Å². The van der Waals surface area contributed by atoms with Gasteiger partial charge in [-0.05, 0) is 23.1 Å². The number of hydrogen-bond donors (Lipinski definition) is 2. The minimum absolute atomic E-state index is 0.163. The molecule has 0 amide bonds. The van der Waals surface area contributed by atoms with Gasteiger partial charge in [0, 0.05) is 0 Å². The Hall–Kier alpha value is -0.710. The highest BCUT2D eigenvalue weighted by molar-refractivity contribution is 7.79. The van der Waals surface area contributed by atoms with Gasteiger partial charge in [-0.2, -0.15) is 0 Å². The molecule has 0 radical (unpaired) electrons. The molecule has 2 rings (SSSR count). The van der Waals surface area contributed by atoms with E-state index in [-0.39, 0.29) is 5.75 Å². The molecule has 4 heteroatoms. The van der Waals surface area contributed by atoms with Gasteiger partial charge in [-0.1, -0.05) is 18.2 Å². The molecule has 2 unspecified atom stereocenters. The fourth-order valence-corrected chi connectivity index (χ4v) is 2.05. The number of aliphatic hydroxyl groups is 1. The van der Waals surface area contributed by atoms with Crippen LogP contribution < -0.4 is 0 Å². The van der Waals surface area contributed by atoms with Gasteiger partial charge in [0.25, 0.3) is 0 Å². The molecule has 13 heavy (non-hydrogen) atoms. The monoisotopic (exact) mass is 198 g/mol. The highest BCUT2D eigenvalue weighted by atomic mass is 32.2. The van der Waals surface area contributed by atoms with Gasteiger partial charge >= 0.3 is 0 Å². The van der Waals surface area contributed by atoms with Crippen LogP contribution in [0.2, 0.25) is 0 Å². The van der Waals surface area contributed by atoms with Crippen LogP contribution in [0, 0.1) is 0 Å². The molecule has 0 spiro atoms. The average Bonchev–Trinajstić information content (AvgIpc) is 2.78. The Kier molecular flexibility index (Phi) is 2.19. The fraction of sp³-hybridized carbons (Fsp3) is 0.333. The van der Waals surface area contributed by atoms with E-state index in [9.17, 15) is 9.32 Å². The largest absolute Gasteiger partial charge is 0.385 e. The first-order valence-corrected chi connectivity index (χ1v) is 5.31. The maximum atomic E-state index is 10.6. The van der Waals surface area contributed by atoms with E-state index >= 15 is 0 Å². The van der Waals surface area contributed by atoms with E-state index in [0.717, 1.165) is 23.1 Å². The zero-order valence-electron chi connectivity index (χ0n) is 6.93. The highest BCUT2D eigenvalue weighted by Crippen LogP contribution is 2.41.